The van der Waals surface area contributed by atoms with E-state index < -0.39 is 5.60 Å². The van der Waals surface area contributed by atoms with Gasteiger partial charge in [-0.05, 0) is 80.9 Å². The minimum absolute atomic E-state index is 0.0955. The fraction of sp³-hybridized carbons (Fsp3) is 0.560. The third-order valence-electron chi connectivity index (χ3n) is 6.81. The van der Waals surface area contributed by atoms with E-state index in [4.69, 9.17) is 4.74 Å². The van der Waals surface area contributed by atoms with Gasteiger partial charge in [-0.25, -0.2) is 9.48 Å². The number of hydrogen-bond acceptors (Lipinski definition) is 6. The molecule has 1 heterocycles. The van der Waals surface area contributed by atoms with Crippen LogP contribution in [0.2, 0.25) is 0 Å². The van der Waals surface area contributed by atoms with Crippen molar-refractivity contribution in [3.63, 3.8) is 0 Å². The Hall–Kier alpha value is -2.32. The van der Waals surface area contributed by atoms with E-state index in [0.29, 0.717) is 23.0 Å². The van der Waals surface area contributed by atoms with Crippen molar-refractivity contribution in [2.24, 2.45) is 11.8 Å². The van der Waals surface area contributed by atoms with Crippen LogP contribution in [0.3, 0.4) is 0 Å². The van der Waals surface area contributed by atoms with Gasteiger partial charge in [0.15, 0.2) is 0 Å². The number of methoxy groups -OCH3 is 1. The minimum Gasteiger partial charge on any atom is -0.465 e. The van der Waals surface area contributed by atoms with Crippen LogP contribution in [0.4, 0.5) is 0 Å². The molecule has 2 aromatic rings. The Morgan fingerprint density at radius 3 is 2.52 bits per heavy atom. The highest BCUT2D eigenvalue weighted by molar-refractivity contribution is 7.99. The normalized spacial score (nSPS) is 26.6. The van der Waals surface area contributed by atoms with Crippen LogP contribution in [-0.2, 0) is 4.74 Å². The van der Waals surface area contributed by atoms with Gasteiger partial charge in [0.2, 0.25) is 0 Å². The highest BCUT2D eigenvalue weighted by atomic mass is 32.2. The zero-order valence-corrected chi connectivity index (χ0v) is 20.4. The van der Waals surface area contributed by atoms with Gasteiger partial charge in [0.25, 0.3) is 5.91 Å². The van der Waals surface area contributed by atoms with Crippen molar-refractivity contribution in [3.05, 3.63) is 41.6 Å². The number of esters is 1. The van der Waals surface area contributed by atoms with Crippen LogP contribution in [-0.4, -0.2) is 51.3 Å². The number of ether oxygens (including phenoxy) is 1. The first-order chi connectivity index (χ1) is 15.8. The first kappa shape index (κ1) is 23.8. The van der Waals surface area contributed by atoms with Gasteiger partial charge in [-0.1, -0.05) is 13.3 Å². The van der Waals surface area contributed by atoms with Crippen molar-refractivity contribution in [3.8, 4) is 5.69 Å². The number of rotatable bonds is 7. The van der Waals surface area contributed by atoms with Gasteiger partial charge in [0, 0.05) is 6.04 Å². The summed E-state index contributed by atoms with van der Waals surface area (Å²) in [6.07, 6.45) is 7.32. The van der Waals surface area contributed by atoms with Crippen LogP contribution >= 0.6 is 11.8 Å². The maximum atomic E-state index is 13.4. The minimum atomic E-state index is -0.639. The SMILES string of the molecule is CCCSc1c(C(=O)N[C@@H]2[C@@H]3CCC[C@H]2CC(C)(O)C3)cnn1-c1ccc(C(=O)OC)cc1. The fourth-order valence-electron chi connectivity index (χ4n) is 5.39. The molecule has 33 heavy (non-hydrogen) atoms. The summed E-state index contributed by atoms with van der Waals surface area (Å²) in [7, 11) is 1.36. The number of hydrogen-bond donors (Lipinski definition) is 2. The molecule has 2 aliphatic rings. The van der Waals surface area contributed by atoms with Gasteiger partial charge in [0.1, 0.15) is 5.03 Å². The van der Waals surface area contributed by atoms with Gasteiger partial charge < -0.3 is 15.2 Å². The molecule has 2 aliphatic carbocycles. The molecule has 2 fully saturated rings. The van der Waals surface area contributed by atoms with Gasteiger partial charge >= 0.3 is 5.97 Å². The van der Waals surface area contributed by atoms with Crippen LogP contribution in [0.5, 0.6) is 0 Å². The van der Waals surface area contributed by atoms with Crippen LogP contribution in [0, 0.1) is 11.8 Å². The lowest BCUT2D eigenvalue weighted by Gasteiger charge is -2.48. The Morgan fingerprint density at radius 1 is 1.24 bits per heavy atom. The molecule has 1 aromatic carbocycles. The van der Waals surface area contributed by atoms with Crippen molar-refractivity contribution < 1.29 is 19.4 Å². The number of nitrogens with zero attached hydrogens (tertiary/aromatic N) is 2. The second-order valence-electron chi connectivity index (χ2n) is 9.52. The number of aromatic nitrogens is 2. The number of benzene rings is 1. The largest absolute Gasteiger partial charge is 0.465 e. The lowest BCUT2D eigenvalue weighted by Crippen LogP contribution is -2.55. The van der Waals surface area contributed by atoms with Crippen LogP contribution in [0.1, 0.15) is 73.1 Å². The van der Waals surface area contributed by atoms with E-state index in [9.17, 15) is 14.7 Å². The van der Waals surface area contributed by atoms with Crippen LogP contribution < -0.4 is 5.32 Å². The fourth-order valence-corrected chi connectivity index (χ4v) is 6.37. The smallest absolute Gasteiger partial charge is 0.337 e. The molecule has 1 aromatic heterocycles. The molecule has 0 radical (unpaired) electrons. The van der Waals surface area contributed by atoms with Crippen LogP contribution in [0.25, 0.3) is 5.69 Å². The topological polar surface area (TPSA) is 93.5 Å². The maximum absolute atomic E-state index is 13.4. The second kappa shape index (κ2) is 9.89. The van der Waals surface area contributed by atoms with E-state index in [1.54, 1.807) is 34.8 Å². The van der Waals surface area contributed by atoms with E-state index in [0.717, 1.165) is 55.0 Å². The molecule has 178 valence electrons. The van der Waals surface area contributed by atoms with E-state index in [1.165, 1.54) is 7.11 Å². The van der Waals surface area contributed by atoms with Gasteiger partial charge in [-0.3, -0.25) is 4.79 Å². The summed E-state index contributed by atoms with van der Waals surface area (Å²) in [6, 6.07) is 7.12. The Labute approximate surface area is 199 Å². The average molecular weight is 472 g/mol. The summed E-state index contributed by atoms with van der Waals surface area (Å²) >= 11 is 1.61. The summed E-state index contributed by atoms with van der Waals surface area (Å²) in [5.41, 5.74) is 1.18. The first-order valence-corrected chi connectivity index (χ1v) is 12.7. The first-order valence-electron chi connectivity index (χ1n) is 11.8. The molecule has 4 atom stereocenters. The zero-order chi connectivity index (χ0) is 23.6. The van der Waals surface area contributed by atoms with Gasteiger partial charge in [-0.15, -0.1) is 11.8 Å². The number of fused-ring (bicyclic) bond motifs is 2. The number of aliphatic hydroxyl groups is 1. The molecular formula is C25H33N3O4S. The molecule has 8 heteroatoms. The molecule has 4 rings (SSSR count). The lowest BCUT2D eigenvalue weighted by molar-refractivity contribution is -0.0530. The molecule has 1 unspecified atom stereocenters. The van der Waals surface area contributed by atoms with E-state index >= 15 is 0 Å². The van der Waals surface area contributed by atoms with Crippen molar-refractivity contribution >= 4 is 23.6 Å². The number of carbonyl (C=O) groups is 2. The number of carbonyl (C=O) groups excluding carboxylic acids is 2. The Bertz CT molecular complexity index is 986. The summed E-state index contributed by atoms with van der Waals surface area (Å²) in [5.74, 6) is 0.992. The molecule has 2 N–H and O–H groups in total. The molecule has 2 saturated carbocycles. The van der Waals surface area contributed by atoms with E-state index in [2.05, 4.69) is 17.3 Å². The number of thioether (sulfide) groups is 1. The lowest BCUT2D eigenvalue weighted by atomic mass is 9.63. The standard InChI is InChI=1S/C25H33N3O4S/c1-4-12-33-23-20(15-26-28(23)19-10-8-16(9-11-19)24(30)32-3)22(29)27-21-17-6-5-7-18(21)14-25(2,31)13-17/h8-11,15,17-18,21,31H,4-7,12-14H2,1-3H3,(H,27,29)/t17-,18+,21-,25?. The highest BCUT2D eigenvalue weighted by Crippen LogP contribution is 2.44. The molecular weight excluding hydrogens is 438 g/mol. The van der Waals surface area contributed by atoms with Crippen LogP contribution in [0.15, 0.2) is 35.5 Å². The number of nitrogens with one attached hydrogen (secondary N) is 1. The van der Waals surface area contributed by atoms with E-state index in [-0.39, 0.29) is 17.9 Å². The zero-order valence-electron chi connectivity index (χ0n) is 19.5. The molecule has 2 bridgehead atoms. The monoisotopic (exact) mass is 471 g/mol. The Morgan fingerprint density at radius 2 is 1.91 bits per heavy atom. The van der Waals surface area contributed by atoms with Crippen molar-refractivity contribution in [1.82, 2.24) is 15.1 Å². The van der Waals surface area contributed by atoms with Crippen molar-refractivity contribution in [2.45, 2.75) is 69.0 Å². The molecule has 0 spiro atoms. The molecule has 0 aliphatic heterocycles. The van der Waals surface area contributed by atoms with Crippen molar-refractivity contribution in [2.75, 3.05) is 12.9 Å². The predicted molar refractivity (Wildman–Crippen MR) is 128 cm³/mol. The Balaban J connectivity index is 1.58. The van der Waals surface area contributed by atoms with Gasteiger partial charge in [-0.2, -0.15) is 5.10 Å². The van der Waals surface area contributed by atoms with Gasteiger partial charge in [0.05, 0.1) is 35.7 Å². The molecule has 0 saturated heterocycles. The maximum Gasteiger partial charge on any atom is 0.337 e. The Kier molecular flexibility index (Phi) is 7.14. The highest BCUT2D eigenvalue weighted by Gasteiger charge is 2.45. The molecule has 7 nitrogen and oxygen atoms in total. The van der Waals surface area contributed by atoms with E-state index in [1.807, 2.05) is 19.1 Å². The summed E-state index contributed by atoms with van der Waals surface area (Å²) < 4.78 is 6.54. The third-order valence-corrected chi connectivity index (χ3v) is 8.09. The quantitative estimate of drug-likeness (QED) is 0.464. The molecule has 1 amide bonds. The van der Waals surface area contributed by atoms with Crippen molar-refractivity contribution in [1.29, 1.82) is 0 Å². The number of amides is 1. The second-order valence-corrected chi connectivity index (χ2v) is 10.6. The third kappa shape index (κ3) is 5.11. The summed E-state index contributed by atoms with van der Waals surface area (Å²) in [4.78, 5) is 25.2. The summed E-state index contributed by atoms with van der Waals surface area (Å²) in [6.45, 7) is 4.03. The summed E-state index contributed by atoms with van der Waals surface area (Å²) in [5, 5.41) is 19.3. The average Bonchev–Trinajstić information content (AvgIpc) is 3.21. The predicted octanol–water partition coefficient (Wildman–Crippen LogP) is 4.22.